The van der Waals surface area contributed by atoms with E-state index in [2.05, 4.69) is 15.6 Å². The summed E-state index contributed by atoms with van der Waals surface area (Å²) in [4.78, 5) is 23.5. The van der Waals surface area contributed by atoms with E-state index in [0.717, 1.165) is 0 Å². The number of aromatic nitrogens is 3. The summed E-state index contributed by atoms with van der Waals surface area (Å²) in [6.07, 6.45) is 0.244. The van der Waals surface area contributed by atoms with Crippen molar-refractivity contribution in [3.63, 3.8) is 0 Å². The molecule has 1 amide bonds. The molecule has 1 atom stereocenters. The average molecular weight is 359 g/mol. The van der Waals surface area contributed by atoms with Crippen molar-refractivity contribution in [3.8, 4) is 5.75 Å². The smallest absolute Gasteiger partial charge is 0.534 e. The first-order chi connectivity index (χ1) is 12.4. The number of nitrogens with zero attached hydrogens (tertiary/aromatic N) is 3. The first-order valence-corrected chi connectivity index (χ1v) is 7.99. The number of nitrogens with two attached hydrogens (primary N) is 1. The lowest BCUT2D eigenvalue weighted by Gasteiger charge is -2.28. The highest BCUT2D eigenvalue weighted by atomic mass is 16.5. The van der Waals surface area contributed by atoms with Gasteiger partial charge in [0, 0.05) is 6.54 Å². The van der Waals surface area contributed by atoms with Crippen LogP contribution in [0, 0.1) is 6.92 Å². The van der Waals surface area contributed by atoms with E-state index in [1.165, 1.54) is 10.7 Å². The monoisotopic (exact) mass is 359 g/mol. The topological polar surface area (TPSA) is 153 Å². The van der Waals surface area contributed by atoms with Crippen LogP contribution in [0.25, 0.3) is 0 Å². The molecule has 2 aromatic rings. The molecule has 0 saturated carbocycles. The van der Waals surface area contributed by atoms with Crippen LogP contribution in [-0.2, 0) is 24.3 Å². The van der Waals surface area contributed by atoms with Gasteiger partial charge in [-0.05, 0) is 25.0 Å². The number of carbonyl (C=O) groups is 2. The molecule has 3 rings (SSSR count). The van der Waals surface area contributed by atoms with E-state index >= 15 is 0 Å². The number of fused-ring (bicyclic) bond motifs is 1. The molecule has 2 heterocycles. The molecular weight excluding hydrogens is 341 g/mol. The molecule has 0 fully saturated rings. The largest absolute Gasteiger partial charge is 0.547 e. The molecule has 5 N–H and O–H groups in total. The van der Waals surface area contributed by atoms with Gasteiger partial charge < -0.3 is 25.8 Å². The Hall–Kier alpha value is -2.92. The van der Waals surface area contributed by atoms with Crippen molar-refractivity contribution in [2.45, 2.75) is 32.4 Å². The van der Waals surface area contributed by atoms with Gasteiger partial charge in [0.15, 0.2) is 0 Å². The lowest BCUT2D eigenvalue weighted by Crippen LogP contribution is -2.53. The number of hydrogen-bond donors (Lipinski definition) is 4. The number of nitrogens with one attached hydrogen (secondary N) is 1. The van der Waals surface area contributed by atoms with Crippen molar-refractivity contribution in [2.75, 3.05) is 0 Å². The lowest BCUT2D eigenvalue weighted by molar-refractivity contribution is -0.122. The minimum Gasteiger partial charge on any atom is -0.534 e. The number of carbonyl (C=O) groups excluding carboxylic acids is 1. The minimum absolute atomic E-state index is 0.0288. The van der Waals surface area contributed by atoms with Crippen LogP contribution in [0.3, 0.4) is 0 Å². The van der Waals surface area contributed by atoms with Gasteiger partial charge in [-0.15, -0.1) is 5.10 Å². The fraction of sp³-hybridized carbons (Fsp3) is 0.333. The van der Waals surface area contributed by atoms with E-state index in [-0.39, 0.29) is 36.7 Å². The summed E-state index contributed by atoms with van der Waals surface area (Å²) in [5.41, 5.74) is 7.40. The molecule has 136 valence electrons. The third-order valence-corrected chi connectivity index (χ3v) is 4.26. The molecule has 0 aliphatic carbocycles. The lowest BCUT2D eigenvalue weighted by atomic mass is 9.72. The number of para-hydroxylation sites is 1. The number of rotatable bonds is 5. The van der Waals surface area contributed by atoms with Gasteiger partial charge in [-0.3, -0.25) is 4.79 Å². The molecule has 0 spiro atoms. The minimum atomic E-state index is -1.36. The van der Waals surface area contributed by atoms with E-state index < -0.39 is 19.0 Å². The number of amides is 1. The highest BCUT2D eigenvalue weighted by Gasteiger charge is 2.37. The number of hydrogen-bond acceptors (Lipinski definition) is 7. The summed E-state index contributed by atoms with van der Waals surface area (Å²) in [6, 6.07) is 4.69. The summed E-state index contributed by atoms with van der Waals surface area (Å²) >= 11 is 0. The van der Waals surface area contributed by atoms with Crippen LogP contribution >= 0.6 is 0 Å². The first-order valence-electron chi connectivity index (χ1n) is 7.99. The molecule has 0 bridgehead atoms. The van der Waals surface area contributed by atoms with E-state index in [1.54, 1.807) is 19.1 Å². The van der Waals surface area contributed by atoms with Gasteiger partial charge in [-0.1, -0.05) is 17.3 Å². The summed E-state index contributed by atoms with van der Waals surface area (Å²) < 4.78 is 6.76. The van der Waals surface area contributed by atoms with E-state index in [0.29, 0.717) is 17.0 Å². The molecular formula is C15H18BN5O5. The molecule has 1 aromatic heterocycles. The summed E-state index contributed by atoms with van der Waals surface area (Å²) in [6.45, 7) is 1.91. The molecule has 0 radical (unpaired) electrons. The Kier molecular flexibility index (Phi) is 4.91. The van der Waals surface area contributed by atoms with Crippen molar-refractivity contribution in [1.82, 2.24) is 20.3 Å². The molecule has 10 nitrogen and oxygen atoms in total. The molecule has 1 unspecified atom stereocenters. The highest BCUT2D eigenvalue weighted by molar-refractivity contribution is 6.47. The van der Waals surface area contributed by atoms with Gasteiger partial charge in [-0.25, -0.2) is 9.48 Å². The zero-order valence-corrected chi connectivity index (χ0v) is 14.0. The quantitative estimate of drug-likeness (QED) is 0.490. The molecule has 26 heavy (non-hydrogen) atoms. The van der Waals surface area contributed by atoms with Crippen molar-refractivity contribution in [2.24, 2.45) is 5.73 Å². The Morgan fingerprint density at radius 3 is 2.92 bits per heavy atom. The standard InChI is InChI=1S/C15H18BN5O5/c1-8-11(6-17)19-20-21(8)7-13(22)18-12-5-9-3-2-4-10(15(23)24)14(9)26-16(12)25/h2-4,12,25H,5-7,17H2,1H3,(H,18,22)(H,23,24). The fourth-order valence-corrected chi connectivity index (χ4v) is 2.84. The number of aromatic carboxylic acids is 1. The molecule has 1 aliphatic rings. The van der Waals surface area contributed by atoms with Gasteiger partial charge in [0.05, 0.1) is 22.9 Å². The van der Waals surface area contributed by atoms with Crippen LogP contribution in [0.2, 0.25) is 0 Å². The maximum atomic E-state index is 12.3. The van der Waals surface area contributed by atoms with E-state index in [4.69, 9.17) is 10.4 Å². The zero-order valence-electron chi connectivity index (χ0n) is 14.0. The van der Waals surface area contributed by atoms with Crippen molar-refractivity contribution < 1.29 is 24.4 Å². The normalized spacial score (nSPS) is 16.0. The Morgan fingerprint density at radius 1 is 1.50 bits per heavy atom. The third kappa shape index (κ3) is 3.39. The van der Waals surface area contributed by atoms with Gasteiger partial charge >= 0.3 is 13.1 Å². The number of carboxylic acid groups (broad SMARTS) is 1. The second kappa shape index (κ2) is 7.14. The van der Waals surface area contributed by atoms with Gasteiger partial charge in [-0.2, -0.15) is 0 Å². The highest BCUT2D eigenvalue weighted by Crippen LogP contribution is 2.30. The maximum Gasteiger partial charge on any atom is 0.547 e. The fourth-order valence-electron chi connectivity index (χ4n) is 2.84. The zero-order chi connectivity index (χ0) is 18.8. The third-order valence-electron chi connectivity index (χ3n) is 4.26. The number of benzene rings is 1. The van der Waals surface area contributed by atoms with Crippen LogP contribution in [0.1, 0.15) is 27.3 Å². The predicted molar refractivity (Wildman–Crippen MR) is 90.3 cm³/mol. The average Bonchev–Trinajstić information content (AvgIpc) is 2.94. The number of carboxylic acids is 1. The van der Waals surface area contributed by atoms with Crippen molar-refractivity contribution >= 4 is 19.0 Å². The van der Waals surface area contributed by atoms with Crippen molar-refractivity contribution in [1.29, 1.82) is 0 Å². The van der Waals surface area contributed by atoms with Crippen LogP contribution < -0.4 is 15.7 Å². The van der Waals surface area contributed by atoms with E-state index in [1.807, 2.05) is 0 Å². The van der Waals surface area contributed by atoms with Crippen LogP contribution in [0.15, 0.2) is 18.2 Å². The van der Waals surface area contributed by atoms with Crippen molar-refractivity contribution in [3.05, 3.63) is 40.7 Å². The second-order valence-electron chi connectivity index (χ2n) is 5.97. The SMILES string of the molecule is Cc1c(CN)nnn1CC(=O)NC1Cc2cccc(C(=O)O)c2OB1O. The molecule has 11 heteroatoms. The molecule has 0 saturated heterocycles. The summed E-state index contributed by atoms with van der Waals surface area (Å²) in [5.74, 6) is -2.12. The van der Waals surface area contributed by atoms with E-state index in [9.17, 15) is 19.7 Å². The molecule has 1 aromatic carbocycles. The van der Waals surface area contributed by atoms with Crippen LogP contribution in [0.4, 0.5) is 0 Å². The van der Waals surface area contributed by atoms with Gasteiger partial charge in [0.1, 0.15) is 12.3 Å². The predicted octanol–water partition coefficient (Wildman–Crippen LogP) is -1.12. The molecule has 1 aliphatic heterocycles. The first kappa shape index (κ1) is 17.9. The Morgan fingerprint density at radius 2 is 2.27 bits per heavy atom. The summed E-state index contributed by atoms with van der Waals surface area (Å²) in [7, 11) is -1.36. The Bertz CT molecular complexity index is 855. The van der Waals surface area contributed by atoms with Gasteiger partial charge in [0.25, 0.3) is 0 Å². The maximum absolute atomic E-state index is 12.3. The second-order valence-corrected chi connectivity index (χ2v) is 5.97. The Labute approximate surface area is 149 Å². The Balaban J connectivity index is 1.71. The van der Waals surface area contributed by atoms with Crippen LogP contribution in [0.5, 0.6) is 5.75 Å². The summed E-state index contributed by atoms with van der Waals surface area (Å²) in [5, 5.41) is 29.8. The van der Waals surface area contributed by atoms with Gasteiger partial charge in [0.2, 0.25) is 5.91 Å². The van der Waals surface area contributed by atoms with Crippen LogP contribution in [-0.4, -0.2) is 50.1 Å².